The highest BCUT2D eigenvalue weighted by atomic mass is 79.9. The smallest absolute Gasteiger partial charge is 0.275 e. The quantitative estimate of drug-likeness (QED) is 0.808. The molecule has 0 fully saturated rings. The topological polar surface area (TPSA) is 43.3 Å². The van der Waals surface area contributed by atoms with Crippen LogP contribution in [-0.2, 0) is 4.84 Å². The highest BCUT2D eigenvalue weighted by molar-refractivity contribution is 9.10. The number of amides is 1. The van der Waals surface area contributed by atoms with Gasteiger partial charge in [0.05, 0.1) is 12.6 Å². The Kier molecular flexibility index (Phi) is 2.75. The van der Waals surface area contributed by atoms with E-state index in [1.807, 2.05) is 24.3 Å². The van der Waals surface area contributed by atoms with Gasteiger partial charge in [-0.3, -0.25) is 9.40 Å². The fourth-order valence-electron chi connectivity index (χ4n) is 1.43. The molecule has 0 saturated heterocycles. The van der Waals surface area contributed by atoms with Crippen molar-refractivity contribution in [3.63, 3.8) is 0 Å². The van der Waals surface area contributed by atoms with E-state index in [-0.39, 0.29) is 6.03 Å². The number of carbonyl (C=O) groups excluding carboxylic acids is 1. The maximum atomic E-state index is 11.5. The second-order valence-electron chi connectivity index (χ2n) is 3.00. The van der Waals surface area contributed by atoms with E-state index in [0.717, 1.165) is 15.4 Å². The van der Waals surface area contributed by atoms with Crippen LogP contribution in [0.15, 0.2) is 34.9 Å². The van der Waals surface area contributed by atoms with E-state index in [4.69, 9.17) is 0 Å². The number of halogens is 1. The van der Waals surface area contributed by atoms with Gasteiger partial charge in [-0.2, -0.15) is 0 Å². The molecule has 0 atom stereocenters. The Bertz CT molecular complexity index is 507. The van der Waals surface area contributed by atoms with Crippen molar-refractivity contribution in [2.45, 2.75) is 0 Å². The Labute approximate surface area is 94.9 Å². The van der Waals surface area contributed by atoms with Crippen LogP contribution >= 0.6 is 15.9 Å². The minimum atomic E-state index is -0.310. The van der Waals surface area contributed by atoms with Crippen molar-refractivity contribution in [2.24, 2.45) is 0 Å². The second-order valence-corrected chi connectivity index (χ2v) is 3.92. The van der Waals surface area contributed by atoms with Crippen LogP contribution in [0.25, 0.3) is 10.9 Å². The standard InChI is InChI=1S/C10H9BrN2O2/c1-15-12-10(14)13-5-4-7-6-8(11)2-3-9(7)13/h2-6H,1H3,(H,12,14). The lowest BCUT2D eigenvalue weighted by molar-refractivity contribution is 0.109. The van der Waals surface area contributed by atoms with Crippen molar-refractivity contribution in [1.82, 2.24) is 10.0 Å². The van der Waals surface area contributed by atoms with Crippen LogP contribution < -0.4 is 5.48 Å². The summed E-state index contributed by atoms with van der Waals surface area (Å²) in [5, 5.41) is 0.996. The molecule has 0 unspecified atom stereocenters. The maximum absolute atomic E-state index is 11.5. The maximum Gasteiger partial charge on any atom is 0.349 e. The van der Waals surface area contributed by atoms with E-state index in [9.17, 15) is 4.79 Å². The van der Waals surface area contributed by atoms with Crippen LogP contribution in [-0.4, -0.2) is 17.7 Å². The first-order valence-corrected chi connectivity index (χ1v) is 5.11. The van der Waals surface area contributed by atoms with Crippen molar-refractivity contribution >= 4 is 32.9 Å². The molecule has 0 spiro atoms. The predicted octanol–water partition coefficient (Wildman–Crippen LogP) is 2.52. The lowest BCUT2D eigenvalue weighted by Crippen LogP contribution is -2.26. The van der Waals surface area contributed by atoms with Crippen molar-refractivity contribution in [2.75, 3.05) is 7.11 Å². The molecule has 1 amide bonds. The van der Waals surface area contributed by atoms with Crippen LogP contribution in [0.5, 0.6) is 0 Å². The van der Waals surface area contributed by atoms with Gasteiger partial charge >= 0.3 is 6.03 Å². The van der Waals surface area contributed by atoms with E-state index < -0.39 is 0 Å². The van der Waals surface area contributed by atoms with Gasteiger partial charge in [0.2, 0.25) is 0 Å². The van der Waals surface area contributed by atoms with Gasteiger partial charge in [0, 0.05) is 16.1 Å². The third-order valence-electron chi connectivity index (χ3n) is 2.06. The first-order valence-electron chi connectivity index (χ1n) is 4.32. The van der Waals surface area contributed by atoms with Crippen LogP contribution in [0.2, 0.25) is 0 Å². The SMILES string of the molecule is CONC(=O)n1ccc2cc(Br)ccc21. The molecule has 15 heavy (non-hydrogen) atoms. The summed E-state index contributed by atoms with van der Waals surface area (Å²) in [4.78, 5) is 16.1. The molecule has 5 heteroatoms. The van der Waals surface area contributed by atoms with E-state index in [2.05, 4.69) is 26.2 Å². The summed E-state index contributed by atoms with van der Waals surface area (Å²) in [5.74, 6) is 0. The zero-order chi connectivity index (χ0) is 10.8. The molecule has 0 radical (unpaired) electrons. The minimum Gasteiger partial charge on any atom is -0.275 e. The third-order valence-corrected chi connectivity index (χ3v) is 2.55. The number of hydrogen-bond donors (Lipinski definition) is 1. The van der Waals surface area contributed by atoms with Gasteiger partial charge in [-0.05, 0) is 24.3 Å². The molecular formula is C10H9BrN2O2. The molecule has 0 saturated carbocycles. The lowest BCUT2D eigenvalue weighted by atomic mass is 10.2. The largest absolute Gasteiger partial charge is 0.349 e. The van der Waals surface area contributed by atoms with E-state index in [0.29, 0.717) is 0 Å². The highest BCUT2D eigenvalue weighted by Crippen LogP contribution is 2.20. The van der Waals surface area contributed by atoms with Crippen LogP contribution in [0.3, 0.4) is 0 Å². The number of benzene rings is 1. The molecule has 78 valence electrons. The Morgan fingerprint density at radius 3 is 3.00 bits per heavy atom. The first-order chi connectivity index (χ1) is 7.22. The van der Waals surface area contributed by atoms with Gasteiger partial charge in [-0.25, -0.2) is 10.3 Å². The summed E-state index contributed by atoms with van der Waals surface area (Å²) in [6.45, 7) is 0. The van der Waals surface area contributed by atoms with Gasteiger partial charge in [0.1, 0.15) is 0 Å². The van der Waals surface area contributed by atoms with E-state index >= 15 is 0 Å². The molecule has 2 aromatic rings. The number of hydrogen-bond acceptors (Lipinski definition) is 2. The number of fused-ring (bicyclic) bond motifs is 1. The summed E-state index contributed by atoms with van der Waals surface area (Å²) in [5.41, 5.74) is 3.11. The van der Waals surface area contributed by atoms with Crippen LogP contribution in [0.4, 0.5) is 4.79 Å². The second kappa shape index (κ2) is 4.04. The molecule has 4 nitrogen and oxygen atoms in total. The molecule has 1 heterocycles. The average molecular weight is 269 g/mol. The summed E-state index contributed by atoms with van der Waals surface area (Å²) < 4.78 is 2.48. The Hall–Kier alpha value is -1.33. The highest BCUT2D eigenvalue weighted by Gasteiger charge is 2.07. The normalized spacial score (nSPS) is 10.5. The molecule has 0 aliphatic rings. The average Bonchev–Trinajstić information content (AvgIpc) is 2.60. The molecule has 0 aliphatic carbocycles. The van der Waals surface area contributed by atoms with Crippen molar-refractivity contribution < 1.29 is 9.63 Å². The van der Waals surface area contributed by atoms with E-state index in [1.54, 1.807) is 6.20 Å². The number of nitrogens with one attached hydrogen (secondary N) is 1. The van der Waals surface area contributed by atoms with Gasteiger partial charge in [0.25, 0.3) is 0 Å². The van der Waals surface area contributed by atoms with Gasteiger partial charge < -0.3 is 0 Å². The number of hydroxylamine groups is 1. The number of rotatable bonds is 1. The number of aromatic nitrogens is 1. The van der Waals surface area contributed by atoms with Crippen LogP contribution in [0.1, 0.15) is 0 Å². The van der Waals surface area contributed by atoms with Crippen molar-refractivity contribution in [1.29, 1.82) is 0 Å². The minimum absolute atomic E-state index is 0.310. The Balaban J connectivity index is 2.49. The molecule has 1 aromatic heterocycles. The van der Waals surface area contributed by atoms with Crippen molar-refractivity contribution in [3.05, 3.63) is 34.9 Å². The molecule has 0 aliphatic heterocycles. The van der Waals surface area contributed by atoms with Gasteiger partial charge in [-0.1, -0.05) is 15.9 Å². The van der Waals surface area contributed by atoms with Gasteiger partial charge in [0.15, 0.2) is 0 Å². The Morgan fingerprint density at radius 1 is 1.47 bits per heavy atom. The first kappa shape index (κ1) is 10.2. The molecular weight excluding hydrogens is 260 g/mol. The summed E-state index contributed by atoms with van der Waals surface area (Å²) in [6.07, 6.45) is 1.70. The number of nitrogens with zero attached hydrogens (tertiary/aromatic N) is 1. The van der Waals surface area contributed by atoms with E-state index in [1.165, 1.54) is 11.7 Å². The van der Waals surface area contributed by atoms with Crippen molar-refractivity contribution in [3.8, 4) is 0 Å². The fraction of sp³-hybridized carbons (Fsp3) is 0.100. The predicted molar refractivity (Wildman–Crippen MR) is 60.6 cm³/mol. The zero-order valence-corrected chi connectivity index (χ0v) is 9.61. The van der Waals surface area contributed by atoms with Gasteiger partial charge in [-0.15, -0.1) is 0 Å². The van der Waals surface area contributed by atoms with Crippen LogP contribution in [0, 0.1) is 0 Å². The lowest BCUT2D eigenvalue weighted by Gasteiger charge is -2.04. The summed E-state index contributed by atoms with van der Waals surface area (Å²) in [6, 6.07) is 7.27. The fourth-order valence-corrected chi connectivity index (χ4v) is 1.81. The molecule has 1 aromatic carbocycles. The molecule has 0 bridgehead atoms. The zero-order valence-electron chi connectivity index (χ0n) is 8.03. The third kappa shape index (κ3) is 1.88. The number of carbonyl (C=O) groups is 1. The molecule has 1 N–H and O–H groups in total. The summed E-state index contributed by atoms with van der Waals surface area (Å²) >= 11 is 3.37. The summed E-state index contributed by atoms with van der Waals surface area (Å²) in [7, 11) is 1.40. The molecule has 2 rings (SSSR count). The Morgan fingerprint density at radius 2 is 2.27 bits per heavy atom. The monoisotopic (exact) mass is 268 g/mol.